The summed E-state index contributed by atoms with van der Waals surface area (Å²) in [5, 5.41) is 9.16. The summed E-state index contributed by atoms with van der Waals surface area (Å²) in [6.07, 6.45) is 0. The molecule has 2 rings (SSSR count). The fourth-order valence-corrected chi connectivity index (χ4v) is 1.97. The number of hydrogen-bond donors (Lipinski definition) is 1. The van der Waals surface area contributed by atoms with Gasteiger partial charge < -0.3 is 5.11 Å². The summed E-state index contributed by atoms with van der Waals surface area (Å²) in [6, 6.07) is 9.33. The summed E-state index contributed by atoms with van der Waals surface area (Å²) in [5.74, 6) is -1.48. The number of carboxylic acids is 1. The van der Waals surface area contributed by atoms with Crippen LogP contribution < -0.4 is 0 Å². The largest absolute Gasteiger partial charge is 0.478 e. The lowest BCUT2D eigenvalue weighted by Crippen LogP contribution is -2.01. The van der Waals surface area contributed by atoms with Gasteiger partial charge in [0.05, 0.1) is 5.56 Å². The monoisotopic (exact) mass is 244 g/mol. The molecule has 0 atom stereocenters. The van der Waals surface area contributed by atoms with Crippen LogP contribution in [0.15, 0.2) is 36.4 Å². The fourth-order valence-electron chi connectivity index (χ4n) is 1.97. The van der Waals surface area contributed by atoms with Crippen LogP contribution in [0.1, 0.15) is 21.5 Å². The van der Waals surface area contributed by atoms with Crippen LogP contribution in [0.3, 0.4) is 0 Å². The first-order valence-electron chi connectivity index (χ1n) is 5.60. The van der Waals surface area contributed by atoms with Gasteiger partial charge in [-0.15, -0.1) is 0 Å². The molecule has 0 radical (unpaired) electrons. The highest BCUT2D eigenvalue weighted by Crippen LogP contribution is 2.29. The van der Waals surface area contributed by atoms with E-state index in [1.54, 1.807) is 0 Å². The minimum absolute atomic E-state index is 0.116. The van der Waals surface area contributed by atoms with Crippen molar-refractivity contribution in [3.63, 3.8) is 0 Å². The van der Waals surface area contributed by atoms with E-state index in [0.717, 1.165) is 22.8 Å². The minimum atomic E-state index is -1.05. The maximum atomic E-state index is 13.3. The molecular formula is C15H13FO2. The van der Waals surface area contributed by atoms with Crippen LogP contribution in [0.2, 0.25) is 0 Å². The highest BCUT2D eigenvalue weighted by molar-refractivity contribution is 5.96. The number of carbonyl (C=O) groups is 1. The molecule has 2 aromatic carbocycles. The average molecular weight is 244 g/mol. The van der Waals surface area contributed by atoms with Crippen LogP contribution in [0.25, 0.3) is 11.1 Å². The molecule has 0 aromatic heterocycles. The third kappa shape index (κ3) is 2.12. The van der Waals surface area contributed by atoms with Crippen LogP contribution in [-0.4, -0.2) is 11.1 Å². The first-order chi connectivity index (χ1) is 8.50. The summed E-state index contributed by atoms with van der Waals surface area (Å²) in [6.45, 7) is 3.85. The van der Waals surface area contributed by atoms with Crippen molar-refractivity contribution in [2.75, 3.05) is 0 Å². The zero-order valence-corrected chi connectivity index (χ0v) is 10.2. The van der Waals surface area contributed by atoms with Gasteiger partial charge in [0.2, 0.25) is 0 Å². The molecule has 0 fully saturated rings. The van der Waals surface area contributed by atoms with Crippen molar-refractivity contribution >= 4 is 5.97 Å². The Balaban J connectivity index is 2.73. The molecule has 3 heteroatoms. The van der Waals surface area contributed by atoms with Crippen molar-refractivity contribution in [2.24, 2.45) is 0 Å². The van der Waals surface area contributed by atoms with E-state index in [0.29, 0.717) is 5.56 Å². The van der Waals surface area contributed by atoms with Crippen LogP contribution >= 0.6 is 0 Å². The second-order valence-corrected chi connectivity index (χ2v) is 4.24. The molecule has 0 spiro atoms. The quantitative estimate of drug-likeness (QED) is 0.872. The minimum Gasteiger partial charge on any atom is -0.478 e. The Labute approximate surface area is 105 Å². The molecule has 0 heterocycles. The maximum Gasteiger partial charge on any atom is 0.336 e. The summed E-state index contributed by atoms with van der Waals surface area (Å²) in [5.41, 5.74) is 3.31. The molecule has 0 unspecified atom stereocenters. The average Bonchev–Trinajstić information content (AvgIpc) is 2.32. The Morgan fingerprint density at radius 3 is 2.50 bits per heavy atom. The van der Waals surface area contributed by atoms with Gasteiger partial charge in [-0.1, -0.05) is 18.2 Å². The van der Waals surface area contributed by atoms with Crippen molar-refractivity contribution in [1.82, 2.24) is 0 Å². The molecule has 0 saturated heterocycles. The van der Waals surface area contributed by atoms with E-state index in [1.165, 1.54) is 12.1 Å². The van der Waals surface area contributed by atoms with Crippen LogP contribution in [0.4, 0.5) is 4.39 Å². The third-order valence-electron chi connectivity index (χ3n) is 3.11. The zero-order chi connectivity index (χ0) is 13.3. The van der Waals surface area contributed by atoms with Crippen LogP contribution in [-0.2, 0) is 0 Å². The Kier molecular flexibility index (Phi) is 3.15. The number of hydrogen-bond acceptors (Lipinski definition) is 1. The van der Waals surface area contributed by atoms with E-state index in [4.69, 9.17) is 5.11 Å². The van der Waals surface area contributed by atoms with E-state index >= 15 is 0 Å². The molecule has 2 nitrogen and oxygen atoms in total. The Bertz CT molecular complexity index is 618. The van der Waals surface area contributed by atoms with Crippen molar-refractivity contribution in [3.05, 3.63) is 58.9 Å². The summed E-state index contributed by atoms with van der Waals surface area (Å²) >= 11 is 0. The van der Waals surface area contributed by atoms with E-state index in [1.807, 2.05) is 32.0 Å². The molecule has 0 aliphatic rings. The lowest BCUT2D eigenvalue weighted by atomic mass is 9.93. The molecule has 92 valence electrons. The molecule has 0 amide bonds. The highest BCUT2D eigenvalue weighted by Gasteiger charge is 2.14. The smallest absolute Gasteiger partial charge is 0.336 e. The predicted octanol–water partition coefficient (Wildman–Crippen LogP) is 3.81. The molecule has 2 aromatic rings. The molecular weight excluding hydrogens is 231 g/mol. The summed E-state index contributed by atoms with van der Waals surface area (Å²) < 4.78 is 13.3. The van der Waals surface area contributed by atoms with Gasteiger partial charge in [-0.25, -0.2) is 9.18 Å². The molecule has 1 N–H and O–H groups in total. The van der Waals surface area contributed by atoms with Crippen LogP contribution in [0, 0.1) is 19.7 Å². The number of carboxylic acid groups (broad SMARTS) is 1. The van der Waals surface area contributed by atoms with E-state index in [2.05, 4.69) is 0 Å². The molecule has 0 bridgehead atoms. The van der Waals surface area contributed by atoms with Gasteiger partial charge in [0.25, 0.3) is 0 Å². The number of halogens is 1. The molecule has 0 aliphatic heterocycles. The van der Waals surface area contributed by atoms with Gasteiger partial charge in [0.1, 0.15) is 5.82 Å². The highest BCUT2D eigenvalue weighted by atomic mass is 19.1. The van der Waals surface area contributed by atoms with Gasteiger partial charge in [-0.05, 0) is 54.3 Å². The number of benzene rings is 2. The van der Waals surface area contributed by atoms with E-state index < -0.39 is 11.8 Å². The number of aromatic carboxylic acids is 1. The van der Waals surface area contributed by atoms with Crippen LogP contribution in [0.5, 0.6) is 0 Å². The fraction of sp³-hybridized carbons (Fsp3) is 0.133. The molecule has 0 saturated carbocycles. The second-order valence-electron chi connectivity index (χ2n) is 4.24. The normalized spacial score (nSPS) is 10.4. The van der Waals surface area contributed by atoms with E-state index in [9.17, 15) is 9.18 Å². The first kappa shape index (κ1) is 12.3. The lowest BCUT2D eigenvalue weighted by molar-refractivity contribution is 0.0697. The summed E-state index contributed by atoms with van der Waals surface area (Å²) in [4.78, 5) is 11.2. The number of aryl methyl sites for hydroxylation is 1. The SMILES string of the molecule is Cc1cccc(-c2cc(F)ccc2C(=O)O)c1C. The Morgan fingerprint density at radius 2 is 1.83 bits per heavy atom. The molecule has 0 aliphatic carbocycles. The predicted molar refractivity (Wildman–Crippen MR) is 68.3 cm³/mol. The van der Waals surface area contributed by atoms with Crippen molar-refractivity contribution in [3.8, 4) is 11.1 Å². The number of rotatable bonds is 2. The first-order valence-corrected chi connectivity index (χ1v) is 5.60. The maximum absolute atomic E-state index is 13.3. The third-order valence-corrected chi connectivity index (χ3v) is 3.11. The van der Waals surface area contributed by atoms with Crippen molar-refractivity contribution in [2.45, 2.75) is 13.8 Å². The standard InChI is InChI=1S/C15H13FO2/c1-9-4-3-5-12(10(9)2)14-8-11(16)6-7-13(14)15(17)18/h3-8H,1-2H3,(H,17,18). The Hall–Kier alpha value is -2.16. The lowest BCUT2D eigenvalue weighted by Gasteiger charge is -2.11. The second kappa shape index (κ2) is 4.61. The van der Waals surface area contributed by atoms with Gasteiger partial charge in [0, 0.05) is 0 Å². The van der Waals surface area contributed by atoms with E-state index in [-0.39, 0.29) is 5.56 Å². The molecule has 18 heavy (non-hydrogen) atoms. The van der Waals surface area contributed by atoms with Crippen molar-refractivity contribution in [1.29, 1.82) is 0 Å². The summed E-state index contributed by atoms with van der Waals surface area (Å²) in [7, 11) is 0. The zero-order valence-electron chi connectivity index (χ0n) is 10.2. The topological polar surface area (TPSA) is 37.3 Å². The van der Waals surface area contributed by atoms with Gasteiger partial charge in [-0.3, -0.25) is 0 Å². The van der Waals surface area contributed by atoms with Gasteiger partial charge >= 0.3 is 5.97 Å². The van der Waals surface area contributed by atoms with Gasteiger partial charge in [0.15, 0.2) is 0 Å². The Morgan fingerprint density at radius 1 is 1.11 bits per heavy atom. The van der Waals surface area contributed by atoms with Gasteiger partial charge in [-0.2, -0.15) is 0 Å². The van der Waals surface area contributed by atoms with Crippen molar-refractivity contribution < 1.29 is 14.3 Å².